The topological polar surface area (TPSA) is 72.5 Å². The van der Waals surface area contributed by atoms with Gasteiger partial charge in [-0.15, -0.1) is 0 Å². The number of benzene rings is 2. The van der Waals surface area contributed by atoms with E-state index in [0.717, 1.165) is 11.1 Å². The number of Topliss-reactive ketones (excluding diaryl/α,β-unsaturated/α-hetero) is 1. The van der Waals surface area contributed by atoms with E-state index < -0.39 is 5.97 Å². The smallest absolute Gasteiger partial charge is 0.338 e. The molecule has 26 heavy (non-hydrogen) atoms. The number of hydrogen-bond donors (Lipinski definition) is 1. The van der Waals surface area contributed by atoms with Crippen LogP contribution in [-0.4, -0.2) is 24.3 Å². The number of ketones is 1. The van der Waals surface area contributed by atoms with Crippen molar-refractivity contribution < 1.29 is 19.1 Å². The highest BCUT2D eigenvalue weighted by Crippen LogP contribution is 2.15. The van der Waals surface area contributed by atoms with Gasteiger partial charge in [-0.3, -0.25) is 9.59 Å². The van der Waals surface area contributed by atoms with Gasteiger partial charge in [-0.2, -0.15) is 0 Å². The Kier molecular flexibility index (Phi) is 6.67. The second-order valence-corrected chi connectivity index (χ2v) is 6.09. The second-order valence-electron chi connectivity index (χ2n) is 6.09. The third-order valence-electron chi connectivity index (χ3n) is 3.93. The van der Waals surface area contributed by atoms with Gasteiger partial charge < -0.3 is 10.1 Å². The van der Waals surface area contributed by atoms with E-state index in [0.29, 0.717) is 16.8 Å². The van der Waals surface area contributed by atoms with E-state index in [4.69, 9.17) is 4.74 Å². The van der Waals surface area contributed by atoms with Crippen molar-refractivity contribution in [2.24, 2.45) is 0 Å². The fourth-order valence-corrected chi connectivity index (χ4v) is 2.56. The van der Waals surface area contributed by atoms with Crippen molar-refractivity contribution in [2.75, 3.05) is 11.9 Å². The molecule has 0 saturated carbocycles. The average molecular weight is 353 g/mol. The molecule has 2 aromatic rings. The highest BCUT2D eigenvalue weighted by atomic mass is 16.5. The number of ether oxygens (including phenoxy) is 1. The normalized spacial score (nSPS) is 10.3. The quantitative estimate of drug-likeness (QED) is 0.601. The maximum atomic E-state index is 12.3. The van der Waals surface area contributed by atoms with Gasteiger partial charge in [0.15, 0.2) is 5.78 Å². The number of aryl methyl sites for hydroxylation is 2. The summed E-state index contributed by atoms with van der Waals surface area (Å²) < 4.78 is 4.94. The summed E-state index contributed by atoms with van der Waals surface area (Å²) in [7, 11) is 0. The second kappa shape index (κ2) is 8.94. The zero-order valence-electron chi connectivity index (χ0n) is 15.3. The molecular weight excluding hydrogens is 330 g/mol. The van der Waals surface area contributed by atoms with Crippen LogP contribution in [0.15, 0.2) is 42.5 Å². The fourth-order valence-electron chi connectivity index (χ4n) is 2.56. The van der Waals surface area contributed by atoms with Crippen LogP contribution in [0.2, 0.25) is 0 Å². The van der Waals surface area contributed by atoms with Gasteiger partial charge in [0.05, 0.1) is 12.2 Å². The minimum absolute atomic E-state index is 0.0541. The molecule has 0 atom stereocenters. The maximum Gasteiger partial charge on any atom is 0.338 e. The predicted molar refractivity (Wildman–Crippen MR) is 101 cm³/mol. The van der Waals surface area contributed by atoms with E-state index >= 15 is 0 Å². The molecular formula is C21H23NO4. The first-order valence-electron chi connectivity index (χ1n) is 8.58. The van der Waals surface area contributed by atoms with Crippen LogP contribution in [-0.2, 0) is 9.53 Å². The van der Waals surface area contributed by atoms with E-state index in [9.17, 15) is 14.4 Å². The summed E-state index contributed by atoms with van der Waals surface area (Å²) in [5.74, 6) is -0.764. The number of esters is 1. The first-order chi connectivity index (χ1) is 12.4. The minimum atomic E-state index is -0.436. The summed E-state index contributed by atoms with van der Waals surface area (Å²) in [6.07, 6.45) is 0.212. The Balaban J connectivity index is 1.95. The predicted octanol–water partition coefficient (Wildman–Crippen LogP) is 4.08. The Morgan fingerprint density at radius 1 is 1.00 bits per heavy atom. The van der Waals surface area contributed by atoms with Gasteiger partial charge >= 0.3 is 5.97 Å². The summed E-state index contributed by atoms with van der Waals surface area (Å²) in [5.41, 5.74) is 3.44. The number of rotatable bonds is 7. The zero-order valence-corrected chi connectivity index (χ0v) is 15.3. The lowest BCUT2D eigenvalue weighted by Crippen LogP contribution is -2.14. The minimum Gasteiger partial charge on any atom is -0.462 e. The van der Waals surface area contributed by atoms with E-state index in [2.05, 4.69) is 5.32 Å². The van der Waals surface area contributed by atoms with Crippen LogP contribution in [0.3, 0.4) is 0 Å². The van der Waals surface area contributed by atoms with Gasteiger partial charge in [-0.05, 0) is 50.6 Å². The molecule has 2 aromatic carbocycles. The molecule has 0 heterocycles. The van der Waals surface area contributed by atoms with Gasteiger partial charge in [-0.1, -0.05) is 23.8 Å². The molecule has 0 aliphatic rings. The van der Waals surface area contributed by atoms with Crippen molar-refractivity contribution in [2.45, 2.75) is 33.6 Å². The highest BCUT2D eigenvalue weighted by Gasteiger charge is 2.13. The summed E-state index contributed by atoms with van der Waals surface area (Å²) >= 11 is 0. The number of carbonyl (C=O) groups is 3. The molecule has 5 heteroatoms. The van der Waals surface area contributed by atoms with Crippen molar-refractivity contribution in [1.29, 1.82) is 0 Å². The summed E-state index contributed by atoms with van der Waals surface area (Å²) in [6.45, 7) is 5.83. The zero-order chi connectivity index (χ0) is 19.1. The van der Waals surface area contributed by atoms with Gasteiger partial charge in [0.25, 0.3) is 0 Å². The largest absolute Gasteiger partial charge is 0.462 e. The Morgan fingerprint density at radius 2 is 1.77 bits per heavy atom. The Hall–Kier alpha value is -2.95. The lowest BCUT2D eigenvalue weighted by atomic mass is 9.99. The lowest BCUT2D eigenvalue weighted by molar-refractivity contribution is -0.116. The average Bonchev–Trinajstić information content (AvgIpc) is 2.62. The van der Waals surface area contributed by atoms with E-state index in [1.165, 1.54) is 0 Å². The molecule has 0 bridgehead atoms. The Labute approximate surface area is 153 Å². The monoisotopic (exact) mass is 353 g/mol. The molecule has 0 radical (unpaired) electrons. The Morgan fingerprint density at radius 3 is 2.50 bits per heavy atom. The van der Waals surface area contributed by atoms with E-state index in [-0.39, 0.29) is 31.1 Å². The van der Waals surface area contributed by atoms with Gasteiger partial charge in [-0.25, -0.2) is 4.79 Å². The van der Waals surface area contributed by atoms with Crippen LogP contribution in [0.4, 0.5) is 5.69 Å². The summed E-state index contributed by atoms with van der Waals surface area (Å²) in [6, 6.07) is 12.2. The third kappa shape index (κ3) is 5.28. The van der Waals surface area contributed by atoms with Crippen LogP contribution < -0.4 is 5.32 Å². The van der Waals surface area contributed by atoms with Crippen LogP contribution in [0.1, 0.15) is 51.6 Å². The Bertz CT molecular complexity index is 827. The molecule has 0 fully saturated rings. The first kappa shape index (κ1) is 19.4. The molecule has 1 amide bonds. The van der Waals surface area contributed by atoms with Crippen molar-refractivity contribution in [3.8, 4) is 0 Å². The number of amides is 1. The molecule has 0 aliphatic heterocycles. The van der Waals surface area contributed by atoms with E-state index in [1.54, 1.807) is 31.2 Å². The maximum absolute atomic E-state index is 12.3. The molecule has 0 aliphatic carbocycles. The standard InChI is InChI=1S/C21H23NO4/c1-4-26-21(25)16-6-5-7-17(13-16)22-20(24)11-10-19(23)18-12-14(2)8-9-15(18)3/h5-9,12-13H,4,10-11H2,1-3H3,(H,22,24). The number of hydrogen-bond acceptors (Lipinski definition) is 4. The summed E-state index contributed by atoms with van der Waals surface area (Å²) in [5, 5.41) is 2.71. The molecule has 136 valence electrons. The van der Waals surface area contributed by atoms with E-state index in [1.807, 2.05) is 32.0 Å². The molecule has 0 saturated heterocycles. The lowest BCUT2D eigenvalue weighted by Gasteiger charge is -2.08. The van der Waals surface area contributed by atoms with Crippen molar-refractivity contribution >= 4 is 23.3 Å². The van der Waals surface area contributed by atoms with Crippen LogP contribution >= 0.6 is 0 Å². The van der Waals surface area contributed by atoms with Crippen LogP contribution in [0.5, 0.6) is 0 Å². The molecule has 0 unspecified atom stereocenters. The molecule has 0 spiro atoms. The van der Waals surface area contributed by atoms with Crippen molar-refractivity contribution in [1.82, 2.24) is 0 Å². The number of nitrogens with one attached hydrogen (secondary N) is 1. The molecule has 2 rings (SSSR count). The third-order valence-corrected chi connectivity index (χ3v) is 3.93. The summed E-state index contributed by atoms with van der Waals surface area (Å²) in [4.78, 5) is 36.2. The fraction of sp³-hybridized carbons (Fsp3) is 0.286. The van der Waals surface area contributed by atoms with Crippen molar-refractivity contribution in [3.05, 3.63) is 64.7 Å². The highest BCUT2D eigenvalue weighted by molar-refractivity contribution is 6.01. The molecule has 5 nitrogen and oxygen atoms in total. The first-order valence-corrected chi connectivity index (χ1v) is 8.58. The van der Waals surface area contributed by atoms with Crippen molar-refractivity contribution in [3.63, 3.8) is 0 Å². The number of carbonyl (C=O) groups excluding carboxylic acids is 3. The van der Waals surface area contributed by atoms with Gasteiger partial charge in [0, 0.05) is 24.1 Å². The van der Waals surface area contributed by atoms with Gasteiger partial charge in [0.1, 0.15) is 0 Å². The number of anilines is 1. The van der Waals surface area contributed by atoms with Gasteiger partial charge in [0.2, 0.25) is 5.91 Å². The SMILES string of the molecule is CCOC(=O)c1cccc(NC(=O)CCC(=O)c2cc(C)ccc2C)c1. The van der Waals surface area contributed by atoms with Crippen LogP contribution in [0, 0.1) is 13.8 Å². The molecule has 0 aromatic heterocycles. The van der Waals surface area contributed by atoms with Crippen LogP contribution in [0.25, 0.3) is 0 Å². The molecule has 1 N–H and O–H groups in total.